The second kappa shape index (κ2) is 6.78. The monoisotopic (exact) mass is 311 g/mol. The van der Waals surface area contributed by atoms with Crippen LogP contribution in [0.25, 0.3) is 0 Å². The molecule has 0 unspecified atom stereocenters. The minimum absolute atomic E-state index is 0.0330. The van der Waals surface area contributed by atoms with Gasteiger partial charge in [-0.3, -0.25) is 0 Å². The van der Waals surface area contributed by atoms with Gasteiger partial charge in [-0.2, -0.15) is 0 Å². The van der Waals surface area contributed by atoms with Gasteiger partial charge < -0.3 is 0 Å². The SMILES string of the molecule is O=S(=O)(NCCCc1ccc(F)cc1)c1ccc(F)cc1. The van der Waals surface area contributed by atoms with Crippen LogP contribution in [0.4, 0.5) is 8.78 Å². The molecular weight excluding hydrogens is 296 g/mol. The largest absolute Gasteiger partial charge is 0.240 e. The fourth-order valence-corrected chi connectivity index (χ4v) is 2.92. The standard InChI is InChI=1S/C15H15F2NO2S/c16-13-5-3-12(4-6-13)2-1-11-18-21(19,20)15-9-7-14(17)8-10-15/h3-10,18H,1-2,11H2. The second-order valence-electron chi connectivity index (χ2n) is 4.58. The third-order valence-electron chi connectivity index (χ3n) is 2.97. The average molecular weight is 311 g/mol. The Bertz CT molecular complexity index is 683. The molecule has 0 spiro atoms. The van der Waals surface area contributed by atoms with E-state index in [-0.39, 0.29) is 17.3 Å². The van der Waals surface area contributed by atoms with Gasteiger partial charge in [0.15, 0.2) is 0 Å². The van der Waals surface area contributed by atoms with Gasteiger partial charge in [0.05, 0.1) is 4.90 Å². The summed E-state index contributed by atoms with van der Waals surface area (Å²) < 4.78 is 51.8. The first-order chi connectivity index (χ1) is 9.97. The maximum absolute atomic E-state index is 12.8. The number of sulfonamides is 1. The Morgan fingerprint density at radius 3 is 1.95 bits per heavy atom. The van der Waals surface area contributed by atoms with Crippen LogP contribution in [0.2, 0.25) is 0 Å². The van der Waals surface area contributed by atoms with E-state index >= 15 is 0 Å². The molecular formula is C15H15F2NO2S. The Morgan fingerprint density at radius 2 is 1.38 bits per heavy atom. The lowest BCUT2D eigenvalue weighted by Gasteiger charge is -2.07. The molecule has 0 saturated heterocycles. The molecule has 0 amide bonds. The Morgan fingerprint density at radius 1 is 0.857 bits per heavy atom. The average Bonchev–Trinajstić information content (AvgIpc) is 2.46. The van der Waals surface area contributed by atoms with Gasteiger partial charge in [-0.25, -0.2) is 21.9 Å². The first-order valence-corrected chi connectivity index (χ1v) is 7.95. The quantitative estimate of drug-likeness (QED) is 0.834. The van der Waals surface area contributed by atoms with E-state index in [9.17, 15) is 17.2 Å². The van der Waals surface area contributed by atoms with Crippen molar-refractivity contribution in [1.82, 2.24) is 4.72 Å². The van der Waals surface area contributed by atoms with Crippen LogP contribution in [0.5, 0.6) is 0 Å². The van der Waals surface area contributed by atoms with Crippen LogP contribution in [0.1, 0.15) is 12.0 Å². The predicted molar refractivity (Wildman–Crippen MR) is 76.3 cm³/mol. The Balaban J connectivity index is 1.85. The number of nitrogens with one attached hydrogen (secondary N) is 1. The maximum Gasteiger partial charge on any atom is 0.240 e. The number of aryl methyl sites for hydroxylation is 1. The summed E-state index contributed by atoms with van der Waals surface area (Å²) in [6.45, 7) is 0.261. The first kappa shape index (κ1) is 15.6. The molecule has 2 aromatic rings. The molecule has 0 aromatic heterocycles. The first-order valence-electron chi connectivity index (χ1n) is 6.47. The van der Waals surface area contributed by atoms with E-state index in [4.69, 9.17) is 0 Å². The van der Waals surface area contributed by atoms with Gasteiger partial charge >= 0.3 is 0 Å². The predicted octanol–water partition coefficient (Wildman–Crippen LogP) is 2.88. The van der Waals surface area contributed by atoms with Crippen molar-refractivity contribution in [3.05, 3.63) is 65.7 Å². The molecule has 0 aliphatic heterocycles. The molecule has 112 valence electrons. The number of rotatable bonds is 6. The molecule has 6 heteroatoms. The summed E-state index contributed by atoms with van der Waals surface area (Å²) in [5, 5.41) is 0. The lowest BCUT2D eigenvalue weighted by molar-refractivity contribution is 0.578. The molecule has 3 nitrogen and oxygen atoms in total. The number of hydrogen-bond donors (Lipinski definition) is 1. The number of halogens is 2. The van der Waals surface area contributed by atoms with Crippen molar-refractivity contribution in [2.24, 2.45) is 0 Å². The van der Waals surface area contributed by atoms with Crippen LogP contribution in [0.15, 0.2) is 53.4 Å². The molecule has 0 aliphatic carbocycles. The van der Waals surface area contributed by atoms with E-state index in [0.29, 0.717) is 12.8 Å². The van der Waals surface area contributed by atoms with Crippen molar-refractivity contribution in [3.63, 3.8) is 0 Å². The van der Waals surface area contributed by atoms with Gasteiger partial charge in [0.25, 0.3) is 0 Å². The summed E-state index contributed by atoms with van der Waals surface area (Å²) in [6, 6.07) is 10.7. The molecule has 0 heterocycles. The van der Waals surface area contributed by atoms with Gasteiger partial charge in [0, 0.05) is 6.54 Å². The van der Waals surface area contributed by atoms with E-state index in [2.05, 4.69) is 4.72 Å². The molecule has 0 saturated carbocycles. The van der Waals surface area contributed by atoms with Crippen LogP contribution < -0.4 is 4.72 Å². The zero-order chi connectivity index (χ0) is 15.3. The summed E-state index contributed by atoms with van der Waals surface area (Å²) in [5.41, 5.74) is 0.942. The van der Waals surface area contributed by atoms with Crippen molar-refractivity contribution >= 4 is 10.0 Å². The molecule has 0 atom stereocenters. The highest BCUT2D eigenvalue weighted by Crippen LogP contribution is 2.10. The van der Waals surface area contributed by atoms with Crippen LogP contribution in [-0.4, -0.2) is 15.0 Å². The van der Waals surface area contributed by atoms with Crippen molar-refractivity contribution in [2.75, 3.05) is 6.54 Å². The highest BCUT2D eigenvalue weighted by molar-refractivity contribution is 7.89. The normalized spacial score (nSPS) is 11.5. The molecule has 0 radical (unpaired) electrons. The van der Waals surface area contributed by atoms with Gasteiger partial charge in [0.1, 0.15) is 11.6 Å². The van der Waals surface area contributed by atoms with Gasteiger partial charge in [0.2, 0.25) is 10.0 Å². The Kier molecular flexibility index (Phi) is 5.03. The molecule has 2 aromatic carbocycles. The minimum Gasteiger partial charge on any atom is -0.211 e. The van der Waals surface area contributed by atoms with Crippen molar-refractivity contribution < 1.29 is 17.2 Å². The molecule has 0 fully saturated rings. The minimum atomic E-state index is -3.61. The fraction of sp³-hybridized carbons (Fsp3) is 0.200. The van der Waals surface area contributed by atoms with Crippen LogP contribution in [0.3, 0.4) is 0 Å². The third kappa shape index (κ3) is 4.61. The molecule has 0 bridgehead atoms. The topological polar surface area (TPSA) is 46.2 Å². The summed E-state index contributed by atoms with van der Waals surface area (Å²) in [7, 11) is -3.61. The van der Waals surface area contributed by atoms with Crippen LogP contribution >= 0.6 is 0 Å². The zero-order valence-electron chi connectivity index (χ0n) is 11.2. The van der Waals surface area contributed by atoms with E-state index < -0.39 is 15.8 Å². The van der Waals surface area contributed by atoms with Crippen molar-refractivity contribution in [3.8, 4) is 0 Å². The maximum atomic E-state index is 12.8. The lowest BCUT2D eigenvalue weighted by atomic mass is 10.1. The van der Waals surface area contributed by atoms with Gasteiger partial charge in [-0.1, -0.05) is 12.1 Å². The van der Waals surface area contributed by atoms with E-state index in [1.807, 2.05) is 0 Å². The zero-order valence-corrected chi connectivity index (χ0v) is 12.0. The van der Waals surface area contributed by atoms with Crippen LogP contribution in [0, 0.1) is 11.6 Å². The molecule has 2 rings (SSSR count). The van der Waals surface area contributed by atoms with E-state index in [0.717, 1.165) is 17.7 Å². The smallest absolute Gasteiger partial charge is 0.211 e. The number of benzene rings is 2. The molecule has 1 N–H and O–H groups in total. The van der Waals surface area contributed by atoms with Gasteiger partial charge in [-0.15, -0.1) is 0 Å². The summed E-state index contributed by atoms with van der Waals surface area (Å²) in [5.74, 6) is -0.777. The van der Waals surface area contributed by atoms with E-state index in [1.54, 1.807) is 12.1 Å². The summed E-state index contributed by atoms with van der Waals surface area (Å²) in [4.78, 5) is 0.0330. The van der Waals surface area contributed by atoms with Gasteiger partial charge in [-0.05, 0) is 54.8 Å². The fourth-order valence-electron chi connectivity index (χ4n) is 1.85. The Labute approximate surface area is 122 Å². The third-order valence-corrected chi connectivity index (χ3v) is 4.45. The van der Waals surface area contributed by atoms with E-state index in [1.165, 1.54) is 24.3 Å². The van der Waals surface area contributed by atoms with Crippen molar-refractivity contribution in [1.29, 1.82) is 0 Å². The summed E-state index contributed by atoms with van der Waals surface area (Å²) >= 11 is 0. The second-order valence-corrected chi connectivity index (χ2v) is 6.35. The van der Waals surface area contributed by atoms with Crippen LogP contribution in [-0.2, 0) is 16.4 Å². The lowest BCUT2D eigenvalue weighted by Crippen LogP contribution is -2.25. The van der Waals surface area contributed by atoms with Crippen molar-refractivity contribution in [2.45, 2.75) is 17.7 Å². The molecule has 21 heavy (non-hydrogen) atoms. The number of hydrogen-bond acceptors (Lipinski definition) is 2. The molecule has 0 aliphatic rings. The highest BCUT2D eigenvalue weighted by Gasteiger charge is 2.12. The summed E-state index contributed by atoms with van der Waals surface area (Å²) in [6.07, 6.45) is 1.23. The highest BCUT2D eigenvalue weighted by atomic mass is 32.2. The Hall–Kier alpha value is -1.79.